The van der Waals surface area contributed by atoms with Gasteiger partial charge < -0.3 is 4.90 Å². The number of fused-ring (bicyclic) bond motifs is 2. The van der Waals surface area contributed by atoms with Crippen molar-refractivity contribution in [1.29, 1.82) is 0 Å². The lowest BCUT2D eigenvalue weighted by Gasteiger charge is -2.32. The van der Waals surface area contributed by atoms with Crippen LogP contribution in [0.15, 0.2) is 48.5 Å². The number of rotatable bonds is 3. The first-order valence-electron chi connectivity index (χ1n) is 8.55. The van der Waals surface area contributed by atoms with Crippen molar-refractivity contribution >= 4 is 23.4 Å². The smallest absolute Gasteiger partial charge is 0.314 e. The summed E-state index contributed by atoms with van der Waals surface area (Å²) in [6.07, 6.45) is -6.14. The van der Waals surface area contributed by atoms with Crippen molar-refractivity contribution in [2.75, 3.05) is 18.5 Å². The summed E-state index contributed by atoms with van der Waals surface area (Å²) >= 11 is 0. The molecule has 2 aromatic rings. The summed E-state index contributed by atoms with van der Waals surface area (Å²) in [5.41, 5.74) is -1.31. The average Bonchev–Trinajstić information content (AvgIpc) is 3.01. The van der Waals surface area contributed by atoms with E-state index in [1.807, 2.05) is 0 Å². The van der Waals surface area contributed by atoms with E-state index in [9.17, 15) is 27.6 Å². The van der Waals surface area contributed by atoms with Crippen molar-refractivity contribution < 1.29 is 27.6 Å². The van der Waals surface area contributed by atoms with Crippen molar-refractivity contribution in [3.63, 3.8) is 0 Å². The van der Waals surface area contributed by atoms with Gasteiger partial charge in [-0.1, -0.05) is 30.3 Å². The van der Waals surface area contributed by atoms with E-state index >= 15 is 0 Å². The van der Waals surface area contributed by atoms with E-state index in [1.165, 1.54) is 25.2 Å². The van der Waals surface area contributed by atoms with Gasteiger partial charge >= 0.3 is 6.18 Å². The Hall–Kier alpha value is -3.16. The summed E-state index contributed by atoms with van der Waals surface area (Å²) in [7, 11) is 1.39. The maximum atomic E-state index is 13.5. The van der Waals surface area contributed by atoms with Crippen LogP contribution < -0.4 is 4.90 Å². The highest BCUT2D eigenvalue weighted by molar-refractivity contribution is 6.22. The van der Waals surface area contributed by atoms with E-state index in [4.69, 9.17) is 0 Å². The Morgan fingerprint density at radius 3 is 2.00 bits per heavy atom. The molecule has 5 nitrogen and oxygen atoms in total. The van der Waals surface area contributed by atoms with Crippen LogP contribution in [0.1, 0.15) is 32.7 Å². The van der Waals surface area contributed by atoms with Crippen LogP contribution in [-0.4, -0.2) is 42.4 Å². The quantitative estimate of drug-likeness (QED) is 0.759. The molecule has 2 heterocycles. The monoisotopic (exact) mass is 388 g/mol. The number of alkyl halides is 3. The van der Waals surface area contributed by atoms with Gasteiger partial charge in [0.1, 0.15) is 5.41 Å². The molecule has 0 spiro atoms. The fourth-order valence-electron chi connectivity index (χ4n) is 4.09. The number of hydrogen-bond acceptors (Lipinski definition) is 3. The summed E-state index contributed by atoms with van der Waals surface area (Å²) in [4.78, 5) is 40.3. The molecule has 0 radical (unpaired) electrons. The lowest BCUT2D eigenvalue weighted by Crippen LogP contribution is -2.51. The van der Waals surface area contributed by atoms with Gasteiger partial charge in [0, 0.05) is 19.3 Å². The molecule has 0 saturated heterocycles. The maximum absolute atomic E-state index is 13.5. The molecule has 1 atom stereocenters. The van der Waals surface area contributed by atoms with Crippen LogP contribution >= 0.6 is 0 Å². The van der Waals surface area contributed by atoms with Crippen LogP contribution in [0, 0.1) is 0 Å². The largest absolute Gasteiger partial charge is 0.390 e. The summed E-state index contributed by atoms with van der Waals surface area (Å²) < 4.78 is 40.6. The first-order chi connectivity index (χ1) is 13.2. The van der Waals surface area contributed by atoms with E-state index in [2.05, 4.69) is 0 Å². The van der Waals surface area contributed by atoms with Gasteiger partial charge in [-0.05, 0) is 23.8 Å². The Balaban J connectivity index is 1.83. The second-order valence-electron chi connectivity index (χ2n) is 7.00. The van der Waals surface area contributed by atoms with Crippen LogP contribution in [0.2, 0.25) is 0 Å². The molecule has 8 heteroatoms. The van der Waals surface area contributed by atoms with Gasteiger partial charge in [-0.3, -0.25) is 19.3 Å². The molecule has 28 heavy (non-hydrogen) atoms. The molecule has 2 aromatic carbocycles. The van der Waals surface area contributed by atoms with E-state index in [0.717, 1.165) is 9.80 Å². The number of likely N-dealkylation sites (N-methyl/N-ethyl adjacent to an activating group) is 1. The molecule has 2 aliphatic heterocycles. The predicted molar refractivity (Wildman–Crippen MR) is 94.0 cm³/mol. The normalized spacial score (nSPS) is 21.4. The molecule has 0 aliphatic carbocycles. The second-order valence-corrected chi connectivity index (χ2v) is 7.00. The number of amides is 3. The van der Waals surface area contributed by atoms with Gasteiger partial charge in [-0.15, -0.1) is 0 Å². The fourth-order valence-corrected chi connectivity index (χ4v) is 4.09. The van der Waals surface area contributed by atoms with Gasteiger partial charge in [-0.2, -0.15) is 13.2 Å². The zero-order valence-corrected chi connectivity index (χ0v) is 14.8. The van der Waals surface area contributed by atoms with E-state index in [1.54, 1.807) is 30.3 Å². The zero-order valence-electron chi connectivity index (χ0n) is 14.8. The number of carbonyl (C=O) groups excluding carboxylic acids is 3. The third-order valence-electron chi connectivity index (χ3n) is 5.30. The SMILES string of the molecule is CN1C(=O)C(CN2C(=O)c3ccccc3C2=O)(CC(F)(F)F)c2ccccc21. The molecule has 0 fully saturated rings. The Kier molecular flexibility index (Phi) is 3.85. The molecule has 0 bridgehead atoms. The number of para-hydroxylation sites is 1. The van der Waals surface area contributed by atoms with Crippen LogP contribution in [0.3, 0.4) is 0 Å². The predicted octanol–water partition coefficient (Wildman–Crippen LogP) is 3.15. The topological polar surface area (TPSA) is 57.7 Å². The first kappa shape index (κ1) is 18.2. The fraction of sp³-hybridized carbons (Fsp3) is 0.250. The van der Waals surface area contributed by atoms with Gasteiger partial charge in [0.15, 0.2) is 0 Å². The van der Waals surface area contributed by atoms with Crippen molar-refractivity contribution in [3.05, 3.63) is 65.2 Å². The highest BCUT2D eigenvalue weighted by atomic mass is 19.4. The highest BCUT2D eigenvalue weighted by Crippen LogP contribution is 2.48. The third-order valence-corrected chi connectivity index (χ3v) is 5.30. The number of carbonyl (C=O) groups is 3. The zero-order chi connectivity index (χ0) is 20.3. The van der Waals surface area contributed by atoms with Crippen molar-refractivity contribution in [1.82, 2.24) is 4.90 Å². The Morgan fingerprint density at radius 1 is 0.893 bits per heavy atom. The van der Waals surface area contributed by atoms with Crippen LogP contribution in [0.5, 0.6) is 0 Å². The van der Waals surface area contributed by atoms with E-state index in [0.29, 0.717) is 5.69 Å². The van der Waals surface area contributed by atoms with Crippen LogP contribution in [0.4, 0.5) is 18.9 Å². The molecule has 1 unspecified atom stereocenters. The van der Waals surface area contributed by atoms with Gasteiger partial charge in [0.25, 0.3) is 11.8 Å². The van der Waals surface area contributed by atoms with Gasteiger partial charge in [0.05, 0.1) is 17.5 Å². The van der Waals surface area contributed by atoms with Crippen molar-refractivity contribution in [3.8, 4) is 0 Å². The maximum Gasteiger partial charge on any atom is 0.390 e. The third kappa shape index (κ3) is 2.51. The molecule has 4 rings (SSSR count). The van der Waals surface area contributed by atoms with Crippen molar-refractivity contribution in [2.45, 2.75) is 18.0 Å². The molecule has 3 amide bonds. The summed E-state index contributed by atoms with van der Waals surface area (Å²) in [5.74, 6) is -2.17. The average molecular weight is 388 g/mol. The molecule has 0 aromatic heterocycles. The van der Waals surface area contributed by atoms with Crippen molar-refractivity contribution in [2.24, 2.45) is 0 Å². The number of hydrogen-bond donors (Lipinski definition) is 0. The summed E-state index contributed by atoms with van der Waals surface area (Å²) in [5, 5.41) is 0. The van der Waals surface area contributed by atoms with Gasteiger partial charge in [0.2, 0.25) is 5.91 Å². The second kappa shape index (κ2) is 5.92. The highest BCUT2D eigenvalue weighted by Gasteiger charge is 2.57. The van der Waals surface area contributed by atoms with Crippen LogP contribution in [0.25, 0.3) is 0 Å². The number of anilines is 1. The minimum atomic E-state index is -4.67. The molecular formula is C20H15F3N2O3. The molecule has 2 aliphatic rings. The molecule has 144 valence electrons. The van der Waals surface area contributed by atoms with E-state index in [-0.39, 0.29) is 16.7 Å². The Morgan fingerprint density at radius 2 is 1.43 bits per heavy atom. The number of halogens is 3. The summed E-state index contributed by atoms with van der Waals surface area (Å²) in [6.45, 7) is -0.668. The minimum absolute atomic E-state index is 0.127. The standard InChI is InChI=1S/C20H15F3N2O3/c1-24-15-9-5-4-8-14(15)19(18(24)28,10-20(21,22)23)11-25-16(26)12-6-2-3-7-13(12)17(25)27/h2-9H,10-11H2,1H3. The van der Waals surface area contributed by atoms with E-state index < -0.39 is 42.3 Å². The molecule has 0 N–H and O–H groups in total. The summed E-state index contributed by atoms with van der Waals surface area (Å²) in [6, 6.07) is 12.2. The lowest BCUT2D eigenvalue weighted by atomic mass is 9.77. The Bertz CT molecular complexity index is 983. The number of benzene rings is 2. The van der Waals surface area contributed by atoms with Crippen LogP contribution in [-0.2, 0) is 10.2 Å². The lowest BCUT2D eigenvalue weighted by molar-refractivity contribution is -0.157. The first-order valence-corrected chi connectivity index (χ1v) is 8.55. The number of imide groups is 1. The minimum Gasteiger partial charge on any atom is -0.314 e. The molecule has 0 saturated carbocycles. The number of nitrogens with zero attached hydrogens (tertiary/aromatic N) is 2. The molecular weight excluding hydrogens is 373 g/mol. The van der Waals surface area contributed by atoms with Gasteiger partial charge in [-0.25, -0.2) is 0 Å². The Labute approximate surface area is 158 Å².